The minimum atomic E-state index is -0.109. The summed E-state index contributed by atoms with van der Waals surface area (Å²) >= 11 is 0. The second kappa shape index (κ2) is 7.72. The van der Waals surface area contributed by atoms with Crippen LogP contribution in [0.1, 0.15) is 27.3 Å². The van der Waals surface area contributed by atoms with Crippen molar-refractivity contribution >= 4 is 5.91 Å². The summed E-state index contributed by atoms with van der Waals surface area (Å²) in [5.41, 5.74) is 3.57. The molecule has 1 unspecified atom stereocenters. The highest BCUT2D eigenvalue weighted by Gasteiger charge is 2.26. The first kappa shape index (κ1) is 17.4. The third-order valence-corrected chi connectivity index (χ3v) is 4.70. The smallest absolute Gasteiger partial charge is 0.255 e. The number of fused-ring (bicyclic) bond motifs is 1. The maximum atomic E-state index is 13.1. The van der Waals surface area contributed by atoms with Crippen LogP contribution in [-0.2, 0) is 24.4 Å². The van der Waals surface area contributed by atoms with Crippen LogP contribution in [0.2, 0.25) is 0 Å². The van der Waals surface area contributed by atoms with Gasteiger partial charge in [-0.3, -0.25) is 14.8 Å². The van der Waals surface area contributed by atoms with Crippen molar-refractivity contribution in [1.82, 2.24) is 19.4 Å². The van der Waals surface area contributed by atoms with Crippen molar-refractivity contribution in [3.05, 3.63) is 83.7 Å². The van der Waals surface area contributed by atoms with E-state index < -0.39 is 0 Å². The Kier molecular flexibility index (Phi) is 4.98. The van der Waals surface area contributed by atoms with E-state index >= 15 is 0 Å². The molecule has 4 rings (SSSR count). The normalized spacial score (nSPS) is 16.6. The Morgan fingerprint density at radius 3 is 2.96 bits per heavy atom. The highest BCUT2D eigenvalue weighted by molar-refractivity contribution is 5.94. The molecule has 1 aliphatic heterocycles. The monoisotopic (exact) mass is 362 g/mol. The zero-order chi connectivity index (χ0) is 18.6. The second-order valence-electron chi connectivity index (χ2n) is 6.84. The quantitative estimate of drug-likeness (QED) is 0.716. The lowest BCUT2D eigenvalue weighted by molar-refractivity contribution is 0.00922. The van der Waals surface area contributed by atoms with Crippen LogP contribution in [0.15, 0.2) is 61.2 Å². The van der Waals surface area contributed by atoms with Crippen molar-refractivity contribution in [3.63, 3.8) is 0 Å². The second-order valence-corrected chi connectivity index (χ2v) is 6.84. The molecule has 138 valence electrons. The van der Waals surface area contributed by atoms with Gasteiger partial charge in [0.1, 0.15) is 0 Å². The summed E-state index contributed by atoms with van der Waals surface area (Å²) in [6.45, 7) is 4.17. The molecule has 3 aromatic rings. The standard InChI is InChI=1S/C21H22N4O2/c1-16-9-17(11-22-10-16)21(26)25-12-19-6-4-8-24(19)13-20(14-25)27-15-18-5-2-3-7-23-18/h2-11,20H,12-15H2,1H3. The highest BCUT2D eigenvalue weighted by Crippen LogP contribution is 2.18. The minimum Gasteiger partial charge on any atom is -0.368 e. The summed E-state index contributed by atoms with van der Waals surface area (Å²) in [5, 5.41) is 0. The van der Waals surface area contributed by atoms with E-state index in [1.807, 2.05) is 48.4 Å². The van der Waals surface area contributed by atoms with Crippen LogP contribution in [0.4, 0.5) is 0 Å². The summed E-state index contributed by atoms with van der Waals surface area (Å²) < 4.78 is 8.28. The maximum absolute atomic E-state index is 13.1. The third-order valence-electron chi connectivity index (χ3n) is 4.70. The first-order valence-corrected chi connectivity index (χ1v) is 9.05. The zero-order valence-electron chi connectivity index (χ0n) is 15.3. The number of carbonyl (C=O) groups excluding carboxylic acids is 1. The number of amides is 1. The Hall–Kier alpha value is -2.99. The molecule has 0 bridgehead atoms. The van der Waals surface area contributed by atoms with Gasteiger partial charge in [0.15, 0.2) is 0 Å². The Morgan fingerprint density at radius 2 is 2.15 bits per heavy atom. The molecule has 0 aromatic carbocycles. The third kappa shape index (κ3) is 4.06. The van der Waals surface area contributed by atoms with Crippen molar-refractivity contribution in [2.75, 3.05) is 6.54 Å². The van der Waals surface area contributed by atoms with Crippen LogP contribution in [0.3, 0.4) is 0 Å². The zero-order valence-corrected chi connectivity index (χ0v) is 15.3. The van der Waals surface area contributed by atoms with Gasteiger partial charge in [0.05, 0.1) is 37.1 Å². The number of aryl methyl sites for hydroxylation is 1. The van der Waals surface area contributed by atoms with E-state index in [4.69, 9.17) is 4.74 Å². The fraction of sp³-hybridized carbons (Fsp3) is 0.286. The van der Waals surface area contributed by atoms with Crippen molar-refractivity contribution in [3.8, 4) is 0 Å². The maximum Gasteiger partial charge on any atom is 0.255 e. The fourth-order valence-corrected chi connectivity index (χ4v) is 3.36. The van der Waals surface area contributed by atoms with E-state index in [9.17, 15) is 4.79 Å². The predicted octanol–water partition coefficient (Wildman–Crippen LogP) is 2.83. The minimum absolute atomic E-state index is 0.0210. The number of hydrogen-bond acceptors (Lipinski definition) is 4. The van der Waals surface area contributed by atoms with Gasteiger partial charge >= 0.3 is 0 Å². The fourth-order valence-electron chi connectivity index (χ4n) is 3.36. The number of nitrogens with zero attached hydrogens (tertiary/aromatic N) is 4. The Labute approximate surface area is 158 Å². The summed E-state index contributed by atoms with van der Waals surface area (Å²) in [5.74, 6) is -0.0210. The Bertz CT molecular complexity index is 923. The average molecular weight is 362 g/mol. The van der Waals surface area contributed by atoms with Crippen molar-refractivity contribution in [1.29, 1.82) is 0 Å². The molecular formula is C21H22N4O2. The van der Waals surface area contributed by atoms with Gasteiger partial charge in [0.25, 0.3) is 5.91 Å². The van der Waals surface area contributed by atoms with Gasteiger partial charge in [-0.15, -0.1) is 0 Å². The van der Waals surface area contributed by atoms with E-state index in [1.165, 1.54) is 0 Å². The number of hydrogen-bond donors (Lipinski definition) is 0. The summed E-state index contributed by atoms with van der Waals surface area (Å²) in [7, 11) is 0. The number of ether oxygens (including phenoxy) is 1. The van der Waals surface area contributed by atoms with Crippen LogP contribution >= 0.6 is 0 Å². The van der Waals surface area contributed by atoms with Gasteiger partial charge < -0.3 is 14.2 Å². The molecular weight excluding hydrogens is 340 g/mol. The van der Waals surface area contributed by atoms with E-state index in [2.05, 4.69) is 20.6 Å². The van der Waals surface area contributed by atoms with E-state index in [0.717, 1.165) is 17.0 Å². The molecule has 3 aromatic heterocycles. The van der Waals surface area contributed by atoms with Crippen LogP contribution in [-0.4, -0.2) is 38.0 Å². The lowest BCUT2D eigenvalue weighted by atomic mass is 10.2. The Morgan fingerprint density at radius 1 is 1.22 bits per heavy atom. The molecule has 1 aliphatic rings. The first-order valence-electron chi connectivity index (χ1n) is 9.05. The lowest BCUT2D eigenvalue weighted by Crippen LogP contribution is -2.37. The van der Waals surface area contributed by atoms with E-state index in [-0.39, 0.29) is 12.0 Å². The highest BCUT2D eigenvalue weighted by atomic mass is 16.5. The van der Waals surface area contributed by atoms with E-state index in [1.54, 1.807) is 18.6 Å². The van der Waals surface area contributed by atoms with Gasteiger partial charge in [0.2, 0.25) is 0 Å². The van der Waals surface area contributed by atoms with Crippen LogP contribution < -0.4 is 0 Å². The molecule has 0 N–H and O–H groups in total. The molecule has 0 aliphatic carbocycles. The average Bonchev–Trinajstić information content (AvgIpc) is 3.04. The molecule has 27 heavy (non-hydrogen) atoms. The molecule has 0 radical (unpaired) electrons. The van der Waals surface area contributed by atoms with Crippen molar-refractivity contribution in [2.45, 2.75) is 32.7 Å². The molecule has 1 amide bonds. The number of aromatic nitrogens is 3. The summed E-state index contributed by atoms with van der Waals surface area (Å²) in [6.07, 6.45) is 7.07. The molecule has 0 spiro atoms. The molecule has 4 heterocycles. The lowest BCUT2D eigenvalue weighted by Gasteiger charge is -2.24. The van der Waals surface area contributed by atoms with Gasteiger partial charge in [-0.1, -0.05) is 6.07 Å². The van der Waals surface area contributed by atoms with Crippen molar-refractivity contribution < 1.29 is 9.53 Å². The van der Waals surface area contributed by atoms with Gasteiger partial charge in [0, 0.05) is 37.0 Å². The van der Waals surface area contributed by atoms with Crippen LogP contribution in [0.5, 0.6) is 0 Å². The predicted molar refractivity (Wildman–Crippen MR) is 101 cm³/mol. The van der Waals surface area contributed by atoms with Gasteiger partial charge in [-0.05, 0) is 42.8 Å². The Balaban J connectivity index is 1.54. The summed E-state index contributed by atoms with van der Waals surface area (Å²) in [6, 6.07) is 11.7. The molecule has 6 heteroatoms. The van der Waals surface area contributed by atoms with Crippen molar-refractivity contribution in [2.24, 2.45) is 0 Å². The van der Waals surface area contributed by atoms with Crippen LogP contribution in [0, 0.1) is 6.92 Å². The van der Waals surface area contributed by atoms with E-state index in [0.29, 0.717) is 31.8 Å². The number of pyridine rings is 2. The summed E-state index contributed by atoms with van der Waals surface area (Å²) in [4.78, 5) is 23.4. The molecule has 0 saturated heterocycles. The molecule has 1 atom stereocenters. The topological polar surface area (TPSA) is 60.2 Å². The van der Waals surface area contributed by atoms with Gasteiger partial charge in [-0.2, -0.15) is 0 Å². The first-order chi connectivity index (χ1) is 13.2. The molecule has 6 nitrogen and oxygen atoms in total. The largest absolute Gasteiger partial charge is 0.368 e. The SMILES string of the molecule is Cc1cncc(C(=O)N2Cc3cccn3CC(OCc3ccccn3)C2)c1. The molecule has 0 saturated carbocycles. The molecule has 0 fully saturated rings. The van der Waals surface area contributed by atoms with Crippen LogP contribution in [0.25, 0.3) is 0 Å². The van der Waals surface area contributed by atoms with Gasteiger partial charge in [-0.25, -0.2) is 0 Å². The number of rotatable bonds is 4. The number of carbonyl (C=O) groups is 1.